The van der Waals surface area contributed by atoms with Crippen LogP contribution in [0, 0.1) is 0 Å². The van der Waals surface area contributed by atoms with Crippen LogP contribution in [0.25, 0.3) is 0 Å². The molecule has 0 aliphatic rings. The predicted molar refractivity (Wildman–Crippen MR) is 89.9 cm³/mol. The van der Waals surface area contributed by atoms with E-state index in [-0.39, 0.29) is 5.91 Å². The van der Waals surface area contributed by atoms with Gasteiger partial charge in [-0.25, -0.2) is 0 Å². The van der Waals surface area contributed by atoms with Crippen LogP contribution in [-0.2, 0) is 4.74 Å². The molecule has 0 radical (unpaired) electrons. The number of nitrogens with one attached hydrogen (secondary N) is 1. The van der Waals surface area contributed by atoms with E-state index >= 15 is 0 Å². The summed E-state index contributed by atoms with van der Waals surface area (Å²) in [7, 11) is 1.64. The van der Waals surface area contributed by atoms with Gasteiger partial charge < -0.3 is 19.5 Å². The molecule has 5 nitrogen and oxygen atoms in total. The zero-order valence-corrected chi connectivity index (χ0v) is 15.0. The third kappa shape index (κ3) is 5.85. The Kier molecular flexibility index (Phi) is 8.92. The highest BCUT2D eigenvalue weighted by molar-refractivity contribution is 9.10. The summed E-state index contributed by atoms with van der Waals surface area (Å²) in [6, 6.07) is 3.46. The topological polar surface area (TPSA) is 56.8 Å². The molecule has 0 heterocycles. The lowest BCUT2D eigenvalue weighted by Crippen LogP contribution is -2.25. The molecule has 1 amide bonds. The summed E-state index contributed by atoms with van der Waals surface area (Å²) in [6.07, 6.45) is 1.68. The summed E-state index contributed by atoms with van der Waals surface area (Å²) < 4.78 is 17.0. The van der Waals surface area contributed by atoms with Crippen LogP contribution in [0.4, 0.5) is 0 Å². The first-order chi connectivity index (χ1) is 10.6. The van der Waals surface area contributed by atoms with Gasteiger partial charge in [0, 0.05) is 25.8 Å². The van der Waals surface area contributed by atoms with Crippen LogP contribution >= 0.6 is 15.9 Å². The number of amides is 1. The van der Waals surface area contributed by atoms with Crippen molar-refractivity contribution in [3.8, 4) is 11.5 Å². The molecule has 0 atom stereocenters. The van der Waals surface area contributed by atoms with Gasteiger partial charge in [-0.05, 0) is 47.8 Å². The summed E-state index contributed by atoms with van der Waals surface area (Å²) >= 11 is 3.45. The maximum Gasteiger partial charge on any atom is 0.251 e. The average molecular weight is 374 g/mol. The van der Waals surface area contributed by atoms with Crippen molar-refractivity contribution in [1.29, 1.82) is 0 Å². The van der Waals surface area contributed by atoms with E-state index in [1.54, 1.807) is 19.2 Å². The van der Waals surface area contributed by atoms with E-state index in [0.717, 1.165) is 12.8 Å². The Bertz CT molecular complexity index is 479. The number of methoxy groups -OCH3 is 1. The van der Waals surface area contributed by atoms with E-state index in [1.807, 2.05) is 13.8 Å². The Balaban J connectivity index is 2.85. The average Bonchev–Trinajstić information content (AvgIpc) is 2.50. The number of benzene rings is 1. The molecule has 6 heteroatoms. The first-order valence-corrected chi connectivity index (χ1v) is 8.29. The van der Waals surface area contributed by atoms with Crippen LogP contribution in [-0.4, -0.2) is 39.4 Å². The molecule has 0 fully saturated rings. The highest BCUT2D eigenvalue weighted by Crippen LogP contribution is 2.37. The van der Waals surface area contributed by atoms with Crippen molar-refractivity contribution in [2.75, 3.05) is 33.5 Å². The summed E-state index contributed by atoms with van der Waals surface area (Å²) in [5, 5.41) is 2.86. The highest BCUT2D eigenvalue weighted by Gasteiger charge is 2.15. The molecule has 1 aromatic carbocycles. The molecule has 0 bridgehead atoms. The molecular weight excluding hydrogens is 350 g/mol. The minimum Gasteiger partial charge on any atom is -0.490 e. The summed E-state index contributed by atoms with van der Waals surface area (Å²) in [5.41, 5.74) is 0.539. The van der Waals surface area contributed by atoms with Gasteiger partial charge in [0.05, 0.1) is 17.7 Å². The maximum absolute atomic E-state index is 12.2. The van der Waals surface area contributed by atoms with Gasteiger partial charge in [-0.1, -0.05) is 6.92 Å². The Labute approximate surface area is 140 Å². The number of hydrogen-bond acceptors (Lipinski definition) is 4. The molecular formula is C16H24BrNO4. The van der Waals surface area contributed by atoms with E-state index in [1.165, 1.54) is 0 Å². The van der Waals surface area contributed by atoms with Gasteiger partial charge in [0.2, 0.25) is 0 Å². The van der Waals surface area contributed by atoms with Crippen molar-refractivity contribution in [3.05, 3.63) is 22.2 Å². The molecule has 0 spiro atoms. The number of hydrogen-bond donors (Lipinski definition) is 1. The van der Waals surface area contributed by atoms with Crippen LogP contribution in [0.15, 0.2) is 16.6 Å². The van der Waals surface area contributed by atoms with Gasteiger partial charge in [0.15, 0.2) is 11.5 Å². The predicted octanol–water partition coefficient (Wildman–Crippen LogP) is 3.40. The van der Waals surface area contributed by atoms with Crippen molar-refractivity contribution in [2.24, 2.45) is 0 Å². The molecule has 0 unspecified atom stereocenters. The van der Waals surface area contributed by atoms with E-state index in [0.29, 0.717) is 47.9 Å². The Hall–Kier alpha value is -1.27. The molecule has 22 heavy (non-hydrogen) atoms. The zero-order valence-electron chi connectivity index (χ0n) is 13.4. The van der Waals surface area contributed by atoms with Crippen LogP contribution in [0.3, 0.4) is 0 Å². The first kappa shape index (κ1) is 18.8. The SMILES string of the molecule is CCCOc1c(Br)cc(C(=O)NCCCOC)cc1OCC. The number of carbonyl (C=O) groups excluding carboxylic acids is 1. The molecule has 0 aliphatic carbocycles. The second-order valence-corrected chi connectivity index (χ2v) is 5.52. The smallest absolute Gasteiger partial charge is 0.251 e. The third-order valence-electron chi connectivity index (χ3n) is 2.83. The molecule has 0 aromatic heterocycles. The monoisotopic (exact) mass is 373 g/mol. The molecule has 0 aliphatic heterocycles. The second-order valence-electron chi connectivity index (χ2n) is 4.67. The minimum absolute atomic E-state index is 0.139. The van der Waals surface area contributed by atoms with Crippen LogP contribution in [0.2, 0.25) is 0 Å². The molecule has 1 rings (SSSR count). The first-order valence-electron chi connectivity index (χ1n) is 7.50. The van der Waals surface area contributed by atoms with E-state index in [2.05, 4.69) is 21.2 Å². The quantitative estimate of drug-likeness (QED) is 0.638. The summed E-state index contributed by atoms with van der Waals surface area (Å²) in [4.78, 5) is 12.2. The van der Waals surface area contributed by atoms with Crippen molar-refractivity contribution < 1.29 is 19.0 Å². The van der Waals surface area contributed by atoms with Gasteiger partial charge in [0.25, 0.3) is 5.91 Å². The van der Waals surface area contributed by atoms with Gasteiger partial charge in [-0.2, -0.15) is 0 Å². The van der Waals surface area contributed by atoms with E-state index in [4.69, 9.17) is 14.2 Å². The highest BCUT2D eigenvalue weighted by atomic mass is 79.9. The van der Waals surface area contributed by atoms with Crippen LogP contribution < -0.4 is 14.8 Å². The molecule has 1 aromatic rings. The fourth-order valence-corrected chi connectivity index (χ4v) is 2.38. The molecule has 1 N–H and O–H groups in total. The Morgan fingerprint density at radius 3 is 2.64 bits per heavy atom. The minimum atomic E-state index is -0.139. The van der Waals surface area contributed by atoms with Crippen LogP contribution in [0.1, 0.15) is 37.0 Å². The van der Waals surface area contributed by atoms with Gasteiger partial charge >= 0.3 is 0 Å². The largest absolute Gasteiger partial charge is 0.490 e. The maximum atomic E-state index is 12.2. The number of halogens is 1. The summed E-state index contributed by atoms with van der Waals surface area (Å²) in [6.45, 7) is 6.24. The van der Waals surface area contributed by atoms with Crippen LogP contribution in [0.5, 0.6) is 11.5 Å². The standard InChI is InChI=1S/C16H24BrNO4/c1-4-8-22-15-13(17)10-12(11-14(15)21-5-2)16(19)18-7-6-9-20-3/h10-11H,4-9H2,1-3H3,(H,18,19). The molecule has 0 saturated heterocycles. The lowest BCUT2D eigenvalue weighted by Gasteiger charge is -2.15. The van der Waals surface area contributed by atoms with E-state index < -0.39 is 0 Å². The fraction of sp³-hybridized carbons (Fsp3) is 0.562. The molecule has 124 valence electrons. The Morgan fingerprint density at radius 2 is 2.00 bits per heavy atom. The normalized spacial score (nSPS) is 10.4. The zero-order chi connectivity index (χ0) is 16.4. The van der Waals surface area contributed by atoms with Gasteiger partial charge in [0.1, 0.15) is 0 Å². The second kappa shape index (κ2) is 10.5. The van der Waals surface area contributed by atoms with Crippen molar-refractivity contribution in [2.45, 2.75) is 26.7 Å². The summed E-state index contributed by atoms with van der Waals surface area (Å²) in [5.74, 6) is 1.08. The lowest BCUT2D eigenvalue weighted by atomic mass is 10.2. The van der Waals surface area contributed by atoms with Gasteiger partial charge in [-0.15, -0.1) is 0 Å². The lowest BCUT2D eigenvalue weighted by molar-refractivity contribution is 0.0948. The van der Waals surface area contributed by atoms with Crippen molar-refractivity contribution in [1.82, 2.24) is 5.32 Å². The fourth-order valence-electron chi connectivity index (χ4n) is 1.83. The Morgan fingerprint density at radius 1 is 1.23 bits per heavy atom. The number of carbonyl (C=O) groups is 1. The van der Waals surface area contributed by atoms with Crippen molar-refractivity contribution >= 4 is 21.8 Å². The number of ether oxygens (including phenoxy) is 3. The number of rotatable bonds is 10. The third-order valence-corrected chi connectivity index (χ3v) is 3.42. The van der Waals surface area contributed by atoms with E-state index in [9.17, 15) is 4.79 Å². The molecule has 0 saturated carbocycles. The van der Waals surface area contributed by atoms with Gasteiger partial charge in [-0.3, -0.25) is 4.79 Å². The van der Waals surface area contributed by atoms with Crippen molar-refractivity contribution in [3.63, 3.8) is 0 Å².